The average molecular weight is 433 g/mol. The maximum atomic E-state index is 13.1. The molecule has 5 heteroatoms. The van der Waals surface area contributed by atoms with Gasteiger partial charge < -0.3 is 0 Å². The minimum atomic E-state index is -3.36. The van der Waals surface area contributed by atoms with Gasteiger partial charge in [0, 0.05) is 17.0 Å². The summed E-state index contributed by atoms with van der Waals surface area (Å²) in [4.78, 5) is 0.445. The Morgan fingerprint density at radius 1 is 1.18 bits per heavy atom. The molecule has 22 heavy (non-hydrogen) atoms. The highest BCUT2D eigenvalue weighted by molar-refractivity contribution is 14.1. The lowest BCUT2D eigenvalue weighted by Crippen LogP contribution is -2.37. The summed E-state index contributed by atoms with van der Waals surface area (Å²) in [6, 6.07) is 7.43. The van der Waals surface area contributed by atoms with E-state index in [9.17, 15) is 8.42 Å². The summed E-state index contributed by atoms with van der Waals surface area (Å²) in [6.07, 6.45) is 7.25. The summed E-state index contributed by atoms with van der Waals surface area (Å²) in [5.41, 5.74) is 1.33. The number of benzene rings is 1. The zero-order chi connectivity index (χ0) is 15.8. The second kappa shape index (κ2) is 6.40. The quantitative estimate of drug-likeness (QED) is 0.531. The van der Waals surface area contributed by atoms with Crippen LogP contribution in [-0.4, -0.2) is 29.7 Å². The van der Waals surface area contributed by atoms with Gasteiger partial charge in [0.25, 0.3) is 0 Å². The van der Waals surface area contributed by atoms with E-state index in [0.29, 0.717) is 4.90 Å². The van der Waals surface area contributed by atoms with E-state index in [2.05, 4.69) is 22.6 Å². The van der Waals surface area contributed by atoms with Crippen LogP contribution < -0.4 is 0 Å². The highest BCUT2D eigenvalue weighted by Gasteiger charge is 2.48. The molecule has 2 fully saturated rings. The van der Waals surface area contributed by atoms with Crippen molar-refractivity contribution < 1.29 is 8.42 Å². The van der Waals surface area contributed by atoms with E-state index in [0.717, 1.165) is 23.0 Å². The van der Waals surface area contributed by atoms with E-state index in [1.165, 1.54) is 32.1 Å². The van der Waals surface area contributed by atoms with Crippen molar-refractivity contribution >= 4 is 32.6 Å². The summed E-state index contributed by atoms with van der Waals surface area (Å²) < 4.78 is 28.8. The fourth-order valence-electron chi connectivity index (χ4n) is 4.05. The molecule has 0 radical (unpaired) electrons. The first-order chi connectivity index (χ1) is 10.5. The summed E-state index contributed by atoms with van der Waals surface area (Å²) >= 11 is 2.34. The van der Waals surface area contributed by atoms with Crippen LogP contribution in [0, 0.1) is 12.3 Å². The highest BCUT2D eigenvalue weighted by atomic mass is 127. The Morgan fingerprint density at radius 2 is 1.82 bits per heavy atom. The van der Waals surface area contributed by atoms with Crippen LogP contribution in [0.4, 0.5) is 0 Å². The van der Waals surface area contributed by atoms with Gasteiger partial charge in [0.1, 0.15) is 0 Å². The SMILES string of the molecule is Cc1ccc(S(=O)(=O)N2CC3(CCCCC3)CC2CI)cc1. The first-order valence-corrected chi connectivity index (χ1v) is 11.1. The fourth-order valence-corrected chi connectivity index (χ4v) is 6.84. The van der Waals surface area contributed by atoms with Gasteiger partial charge in [-0.2, -0.15) is 4.31 Å². The molecule has 2 aliphatic rings. The van der Waals surface area contributed by atoms with Gasteiger partial charge >= 0.3 is 0 Å². The molecule has 1 spiro atoms. The predicted molar refractivity (Wildman–Crippen MR) is 97.9 cm³/mol. The second-order valence-corrected chi connectivity index (χ2v) is 9.71. The fraction of sp³-hybridized carbons (Fsp3) is 0.647. The number of sulfonamides is 1. The topological polar surface area (TPSA) is 37.4 Å². The molecular weight excluding hydrogens is 409 g/mol. The monoisotopic (exact) mass is 433 g/mol. The summed E-state index contributed by atoms with van der Waals surface area (Å²) in [7, 11) is -3.36. The summed E-state index contributed by atoms with van der Waals surface area (Å²) in [6.45, 7) is 2.70. The number of hydrogen-bond acceptors (Lipinski definition) is 2. The van der Waals surface area contributed by atoms with Crippen LogP contribution in [0.1, 0.15) is 44.1 Å². The minimum Gasteiger partial charge on any atom is -0.207 e. The minimum absolute atomic E-state index is 0.157. The molecule has 1 atom stereocenters. The molecule has 1 heterocycles. The van der Waals surface area contributed by atoms with Crippen molar-refractivity contribution in [1.82, 2.24) is 4.31 Å². The molecule has 1 aliphatic carbocycles. The smallest absolute Gasteiger partial charge is 0.207 e. The number of nitrogens with zero attached hydrogens (tertiary/aromatic N) is 1. The Kier molecular flexibility index (Phi) is 4.86. The number of aryl methyl sites for hydroxylation is 1. The van der Waals surface area contributed by atoms with Crippen LogP contribution in [0.5, 0.6) is 0 Å². The molecule has 0 amide bonds. The predicted octanol–water partition coefficient (Wildman–Crippen LogP) is 4.14. The van der Waals surface area contributed by atoms with Crippen LogP contribution in [0.25, 0.3) is 0 Å². The first kappa shape index (κ1) is 16.7. The lowest BCUT2D eigenvalue weighted by Gasteiger charge is -2.33. The standard InChI is InChI=1S/C17H24INO2S/c1-14-5-7-16(8-6-14)22(20,21)19-13-17(11-15(19)12-18)9-3-2-4-10-17/h5-8,15H,2-4,9-13H2,1H3. The van der Waals surface area contributed by atoms with E-state index in [-0.39, 0.29) is 11.5 Å². The molecule has 1 saturated heterocycles. The van der Waals surface area contributed by atoms with Gasteiger partial charge in [-0.05, 0) is 43.7 Å². The molecule has 1 aliphatic heterocycles. The molecule has 3 nitrogen and oxygen atoms in total. The van der Waals surface area contributed by atoms with Crippen molar-refractivity contribution in [3.8, 4) is 0 Å². The van der Waals surface area contributed by atoms with Gasteiger partial charge in [-0.25, -0.2) is 8.42 Å². The van der Waals surface area contributed by atoms with Crippen molar-refractivity contribution in [3.05, 3.63) is 29.8 Å². The van der Waals surface area contributed by atoms with E-state index in [1.807, 2.05) is 19.1 Å². The Balaban J connectivity index is 1.90. The van der Waals surface area contributed by atoms with Crippen LogP contribution >= 0.6 is 22.6 Å². The van der Waals surface area contributed by atoms with Crippen molar-refractivity contribution in [2.45, 2.75) is 56.4 Å². The number of hydrogen-bond donors (Lipinski definition) is 0. The Morgan fingerprint density at radius 3 is 2.41 bits per heavy atom. The lowest BCUT2D eigenvalue weighted by atomic mass is 9.73. The second-order valence-electron chi connectivity index (χ2n) is 6.94. The van der Waals surface area contributed by atoms with Gasteiger partial charge in [-0.15, -0.1) is 0 Å². The normalized spacial score (nSPS) is 25.6. The van der Waals surface area contributed by atoms with Gasteiger partial charge in [-0.1, -0.05) is 59.5 Å². The maximum absolute atomic E-state index is 13.1. The average Bonchev–Trinajstić information content (AvgIpc) is 2.87. The molecule has 0 bridgehead atoms. The third-order valence-electron chi connectivity index (χ3n) is 5.29. The molecule has 1 unspecified atom stereocenters. The molecule has 0 N–H and O–H groups in total. The molecule has 122 valence electrons. The van der Waals surface area contributed by atoms with E-state index >= 15 is 0 Å². The van der Waals surface area contributed by atoms with Crippen LogP contribution in [0.3, 0.4) is 0 Å². The third-order valence-corrected chi connectivity index (χ3v) is 8.22. The van der Waals surface area contributed by atoms with E-state index in [1.54, 1.807) is 16.4 Å². The highest BCUT2D eigenvalue weighted by Crippen LogP contribution is 2.48. The number of rotatable bonds is 3. The largest absolute Gasteiger partial charge is 0.243 e. The van der Waals surface area contributed by atoms with Crippen LogP contribution in [0.15, 0.2) is 29.2 Å². The van der Waals surface area contributed by atoms with Crippen LogP contribution in [0.2, 0.25) is 0 Å². The molecule has 1 aromatic carbocycles. The van der Waals surface area contributed by atoms with Gasteiger partial charge in [-0.3, -0.25) is 0 Å². The molecule has 3 rings (SSSR count). The lowest BCUT2D eigenvalue weighted by molar-refractivity contribution is 0.205. The van der Waals surface area contributed by atoms with E-state index < -0.39 is 10.0 Å². The van der Waals surface area contributed by atoms with E-state index in [4.69, 9.17) is 0 Å². The zero-order valence-corrected chi connectivity index (χ0v) is 16.1. The third kappa shape index (κ3) is 3.08. The van der Waals surface area contributed by atoms with Crippen molar-refractivity contribution in [3.63, 3.8) is 0 Å². The van der Waals surface area contributed by atoms with Crippen molar-refractivity contribution in [2.75, 3.05) is 11.0 Å². The Bertz CT molecular complexity index is 621. The van der Waals surface area contributed by atoms with Crippen LogP contribution in [-0.2, 0) is 10.0 Å². The Labute approximate surface area is 147 Å². The first-order valence-electron chi connectivity index (χ1n) is 8.11. The number of alkyl halides is 1. The molecular formula is C17H24INO2S. The molecule has 0 aromatic heterocycles. The van der Waals surface area contributed by atoms with Gasteiger partial charge in [0.2, 0.25) is 10.0 Å². The van der Waals surface area contributed by atoms with Crippen molar-refractivity contribution in [1.29, 1.82) is 0 Å². The maximum Gasteiger partial charge on any atom is 0.243 e. The summed E-state index contributed by atoms with van der Waals surface area (Å²) in [5, 5.41) is 0. The Hall–Kier alpha value is -0.140. The van der Waals surface area contributed by atoms with Crippen molar-refractivity contribution in [2.24, 2.45) is 5.41 Å². The summed E-state index contributed by atoms with van der Waals surface area (Å²) in [5.74, 6) is 0. The number of halogens is 1. The molecule has 1 saturated carbocycles. The molecule has 1 aromatic rings. The zero-order valence-electron chi connectivity index (χ0n) is 13.1. The van der Waals surface area contributed by atoms with Gasteiger partial charge in [0.05, 0.1) is 4.90 Å². The van der Waals surface area contributed by atoms with Gasteiger partial charge in [0.15, 0.2) is 0 Å².